The second kappa shape index (κ2) is 9.49. The number of fused-ring (bicyclic) bond motifs is 1. The van der Waals surface area contributed by atoms with Gasteiger partial charge in [0.1, 0.15) is 5.75 Å². The number of rotatable bonds is 6. The third-order valence-corrected chi connectivity index (χ3v) is 7.50. The summed E-state index contributed by atoms with van der Waals surface area (Å²) in [6.45, 7) is 6.61. The lowest BCUT2D eigenvalue weighted by Gasteiger charge is -2.26. The number of nitrogens with zero attached hydrogens (tertiary/aromatic N) is 2. The number of sulfonamides is 1. The Morgan fingerprint density at radius 2 is 1.79 bits per heavy atom. The second-order valence-corrected chi connectivity index (χ2v) is 10.5. The third-order valence-electron chi connectivity index (χ3n) is 5.60. The van der Waals surface area contributed by atoms with E-state index in [4.69, 9.17) is 4.74 Å². The van der Waals surface area contributed by atoms with Crippen molar-refractivity contribution in [2.75, 3.05) is 18.4 Å². The Hall–Kier alpha value is -2.97. The SMILES string of the molecule is Cc1cc(C(=O)Nc2cc(S(=O)(=O)N3CCCCC3)ccc2OC(C)C)c2ccccc2n1. The lowest BCUT2D eigenvalue weighted by Crippen LogP contribution is -2.35. The fourth-order valence-corrected chi connectivity index (χ4v) is 5.61. The highest BCUT2D eigenvalue weighted by molar-refractivity contribution is 7.89. The van der Waals surface area contributed by atoms with Gasteiger partial charge in [0.25, 0.3) is 5.91 Å². The van der Waals surface area contributed by atoms with Crippen molar-refractivity contribution in [3.63, 3.8) is 0 Å². The number of aromatic nitrogens is 1. The Morgan fingerprint density at radius 3 is 2.52 bits per heavy atom. The van der Waals surface area contributed by atoms with E-state index >= 15 is 0 Å². The summed E-state index contributed by atoms with van der Waals surface area (Å²) in [5.74, 6) is 0.0730. The molecule has 33 heavy (non-hydrogen) atoms. The zero-order valence-electron chi connectivity index (χ0n) is 19.2. The summed E-state index contributed by atoms with van der Waals surface area (Å²) >= 11 is 0. The molecule has 0 radical (unpaired) electrons. The number of carbonyl (C=O) groups excluding carboxylic acids is 1. The van der Waals surface area contributed by atoms with E-state index in [0.29, 0.717) is 30.1 Å². The molecular weight excluding hydrogens is 438 g/mol. The zero-order chi connectivity index (χ0) is 23.6. The van der Waals surface area contributed by atoms with Crippen molar-refractivity contribution in [1.82, 2.24) is 9.29 Å². The smallest absolute Gasteiger partial charge is 0.256 e. The fourth-order valence-electron chi connectivity index (χ4n) is 4.06. The van der Waals surface area contributed by atoms with Gasteiger partial charge < -0.3 is 10.1 Å². The quantitative estimate of drug-likeness (QED) is 0.565. The normalized spacial score (nSPS) is 15.0. The van der Waals surface area contributed by atoms with E-state index in [1.807, 2.05) is 45.0 Å². The van der Waals surface area contributed by atoms with Gasteiger partial charge >= 0.3 is 0 Å². The number of amides is 1. The maximum absolute atomic E-state index is 13.3. The van der Waals surface area contributed by atoms with Crippen LogP contribution in [0.2, 0.25) is 0 Å². The minimum atomic E-state index is -3.66. The molecule has 8 heteroatoms. The Morgan fingerprint density at radius 1 is 1.06 bits per heavy atom. The first-order valence-electron chi connectivity index (χ1n) is 11.2. The molecule has 4 rings (SSSR count). The van der Waals surface area contributed by atoms with Crippen LogP contribution in [0.15, 0.2) is 53.4 Å². The van der Waals surface area contributed by atoms with Crippen LogP contribution in [0.3, 0.4) is 0 Å². The van der Waals surface area contributed by atoms with Crippen LogP contribution in [-0.2, 0) is 10.0 Å². The van der Waals surface area contributed by atoms with Gasteiger partial charge in [-0.15, -0.1) is 0 Å². The highest BCUT2D eigenvalue weighted by Crippen LogP contribution is 2.32. The molecule has 1 amide bonds. The van der Waals surface area contributed by atoms with Crippen LogP contribution in [-0.4, -0.2) is 42.8 Å². The predicted molar refractivity (Wildman–Crippen MR) is 129 cm³/mol. The maximum Gasteiger partial charge on any atom is 0.256 e. The van der Waals surface area contributed by atoms with E-state index in [0.717, 1.165) is 35.9 Å². The largest absolute Gasteiger partial charge is 0.489 e. The molecule has 0 saturated carbocycles. The number of hydrogen-bond acceptors (Lipinski definition) is 5. The van der Waals surface area contributed by atoms with Gasteiger partial charge in [0.2, 0.25) is 10.0 Å². The number of nitrogens with one attached hydrogen (secondary N) is 1. The van der Waals surface area contributed by atoms with Crippen LogP contribution >= 0.6 is 0 Å². The van der Waals surface area contributed by atoms with Crippen LogP contribution < -0.4 is 10.1 Å². The van der Waals surface area contributed by atoms with Crippen LogP contribution in [0.4, 0.5) is 5.69 Å². The number of para-hydroxylation sites is 1. The highest BCUT2D eigenvalue weighted by Gasteiger charge is 2.27. The zero-order valence-corrected chi connectivity index (χ0v) is 20.0. The average molecular weight is 468 g/mol. The first-order chi connectivity index (χ1) is 15.8. The molecule has 1 aliphatic rings. The molecule has 0 bridgehead atoms. The van der Waals surface area contributed by atoms with E-state index < -0.39 is 10.0 Å². The van der Waals surface area contributed by atoms with Crippen molar-refractivity contribution < 1.29 is 17.9 Å². The van der Waals surface area contributed by atoms with Crippen LogP contribution in [0, 0.1) is 6.92 Å². The number of ether oxygens (including phenoxy) is 1. The van der Waals surface area contributed by atoms with Crippen molar-refractivity contribution >= 4 is 32.5 Å². The molecule has 7 nitrogen and oxygen atoms in total. The Kier molecular flexibility index (Phi) is 6.67. The average Bonchev–Trinajstić information content (AvgIpc) is 2.79. The lowest BCUT2D eigenvalue weighted by molar-refractivity contribution is 0.102. The summed E-state index contributed by atoms with van der Waals surface area (Å²) < 4.78 is 33.8. The van der Waals surface area contributed by atoms with E-state index in [1.54, 1.807) is 18.2 Å². The molecule has 0 spiro atoms. The molecule has 1 N–H and O–H groups in total. The molecule has 0 unspecified atom stereocenters. The van der Waals surface area contributed by atoms with Crippen molar-refractivity contribution in [2.24, 2.45) is 0 Å². The summed E-state index contributed by atoms with van der Waals surface area (Å²) in [5, 5.41) is 3.62. The highest BCUT2D eigenvalue weighted by atomic mass is 32.2. The summed E-state index contributed by atoms with van der Waals surface area (Å²) in [5.41, 5.74) is 2.24. The van der Waals surface area contributed by atoms with E-state index in [9.17, 15) is 13.2 Å². The van der Waals surface area contributed by atoms with Gasteiger partial charge in [-0.3, -0.25) is 9.78 Å². The Bertz CT molecular complexity index is 1280. The summed E-state index contributed by atoms with van der Waals surface area (Å²) in [6.07, 6.45) is 2.60. The molecule has 3 aromatic rings. The number of aryl methyl sites for hydroxylation is 1. The number of benzene rings is 2. The van der Waals surface area contributed by atoms with Crippen molar-refractivity contribution in [3.8, 4) is 5.75 Å². The summed E-state index contributed by atoms with van der Waals surface area (Å²) in [7, 11) is -3.66. The van der Waals surface area contributed by atoms with Gasteiger partial charge in [0.15, 0.2) is 0 Å². The fraction of sp³-hybridized carbons (Fsp3) is 0.360. The molecule has 0 aliphatic carbocycles. The predicted octanol–water partition coefficient (Wildman–Crippen LogP) is 4.76. The molecule has 0 atom stereocenters. The van der Waals surface area contributed by atoms with Gasteiger partial charge in [-0.25, -0.2) is 8.42 Å². The molecule has 1 aromatic heterocycles. The topological polar surface area (TPSA) is 88.6 Å². The molecule has 1 fully saturated rings. The van der Waals surface area contributed by atoms with Crippen LogP contribution in [0.25, 0.3) is 10.9 Å². The van der Waals surface area contributed by atoms with Gasteiger partial charge in [0, 0.05) is 24.2 Å². The number of anilines is 1. The van der Waals surface area contributed by atoms with Crippen molar-refractivity contribution in [3.05, 3.63) is 59.8 Å². The first-order valence-corrected chi connectivity index (χ1v) is 12.7. The second-order valence-electron chi connectivity index (χ2n) is 8.57. The van der Waals surface area contributed by atoms with Crippen molar-refractivity contribution in [2.45, 2.75) is 51.0 Å². The van der Waals surface area contributed by atoms with Gasteiger partial charge in [-0.05, 0) is 63.9 Å². The Balaban J connectivity index is 1.73. The molecule has 1 aliphatic heterocycles. The van der Waals surface area contributed by atoms with Gasteiger partial charge in [-0.2, -0.15) is 4.31 Å². The van der Waals surface area contributed by atoms with Gasteiger partial charge in [0.05, 0.1) is 27.8 Å². The molecule has 2 heterocycles. The third kappa shape index (κ3) is 5.02. The van der Waals surface area contributed by atoms with E-state index in [-0.39, 0.29) is 16.9 Å². The van der Waals surface area contributed by atoms with Gasteiger partial charge in [-0.1, -0.05) is 24.6 Å². The Labute approximate surface area is 194 Å². The molecule has 2 aromatic carbocycles. The summed E-state index contributed by atoms with van der Waals surface area (Å²) in [4.78, 5) is 18.0. The number of piperidine rings is 1. The molecule has 1 saturated heterocycles. The van der Waals surface area contributed by atoms with Crippen LogP contribution in [0.5, 0.6) is 5.75 Å². The van der Waals surface area contributed by atoms with Crippen molar-refractivity contribution in [1.29, 1.82) is 0 Å². The number of carbonyl (C=O) groups is 1. The number of hydrogen-bond donors (Lipinski definition) is 1. The molecule has 174 valence electrons. The van der Waals surface area contributed by atoms with E-state index in [1.165, 1.54) is 10.4 Å². The number of pyridine rings is 1. The minimum Gasteiger partial charge on any atom is -0.489 e. The minimum absolute atomic E-state index is 0.144. The summed E-state index contributed by atoms with van der Waals surface area (Å²) in [6, 6.07) is 13.8. The van der Waals surface area contributed by atoms with Crippen LogP contribution in [0.1, 0.15) is 49.2 Å². The lowest BCUT2D eigenvalue weighted by atomic mass is 10.1. The van der Waals surface area contributed by atoms with E-state index in [2.05, 4.69) is 10.3 Å². The molecular formula is C25H29N3O4S. The maximum atomic E-state index is 13.3. The standard InChI is InChI=1S/C25H29N3O4S/c1-17(2)32-24-12-11-19(33(30,31)28-13-7-4-8-14-28)16-23(24)27-25(29)21-15-18(3)26-22-10-6-5-9-20(21)22/h5-6,9-12,15-17H,4,7-8,13-14H2,1-3H3,(H,27,29). The monoisotopic (exact) mass is 467 g/mol. The first kappa shape index (κ1) is 23.2.